The molecule has 2 aromatic heterocycles. The molecule has 0 saturated carbocycles. The highest BCUT2D eigenvalue weighted by Crippen LogP contribution is 2.17. The summed E-state index contributed by atoms with van der Waals surface area (Å²) < 4.78 is 12.1. The number of amides is 1. The van der Waals surface area contributed by atoms with Gasteiger partial charge in [0.05, 0.1) is 11.9 Å². The first-order valence-corrected chi connectivity index (χ1v) is 7.05. The van der Waals surface area contributed by atoms with Gasteiger partial charge in [0.2, 0.25) is 0 Å². The lowest BCUT2D eigenvalue weighted by atomic mass is 10.0. The van der Waals surface area contributed by atoms with Crippen molar-refractivity contribution in [1.29, 1.82) is 0 Å². The van der Waals surface area contributed by atoms with Gasteiger partial charge in [0, 0.05) is 32.0 Å². The minimum absolute atomic E-state index is 0.268. The molecule has 0 unspecified atom stereocenters. The largest absolute Gasteiger partial charge is 0.381 e. The Kier molecular flexibility index (Phi) is 4.01. The highest BCUT2D eigenvalue weighted by atomic mass is 16.5. The van der Waals surface area contributed by atoms with Crippen LogP contribution in [0, 0.1) is 12.8 Å². The van der Waals surface area contributed by atoms with Crippen molar-refractivity contribution in [3.8, 4) is 0 Å². The first kappa shape index (κ1) is 13.8. The summed E-state index contributed by atoms with van der Waals surface area (Å²) in [5, 5.41) is 10.7. The molecule has 1 N–H and O–H groups in total. The molecule has 0 atom stereocenters. The smallest absolute Gasteiger partial charge is 0.277 e. The fourth-order valence-electron chi connectivity index (χ4n) is 2.39. The Bertz CT molecular complexity index is 613. The molecule has 21 heavy (non-hydrogen) atoms. The van der Waals surface area contributed by atoms with Crippen LogP contribution in [-0.2, 0) is 11.3 Å². The van der Waals surface area contributed by atoms with Crippen molar-refractivity contribution >= 4 is 11.6 Å². The minimum Gasteiger partial charge on any atom is -0.381 e. The lowest BCUT2D eigenvalue weighted by molar-refractivity contribution is 0.0601. The van der Waals surface area contributed by atoms with Crippen molar-refractivity contribution in [2.24, 2.45) is 5.92 Å². The molecule has 3 heterocycles. The highest BCUT2D eigenvalue weighted by molar-refractivity contribution is 6.02. The number of aryl methyl sites for hydroxylation is 1. The first-order valence-electron chi connectivity index (χ1n) is 7.05. The van der Waals surface area contributed by atoms with E-state index >= 15 is 0 Å². The molecule has 0 radical (unpaired) electrons. The van der Waals surface area contributed by atoms with Crippen LogP contribution in [0.5, 0.6) is 0 Å². The van der Waals surface area contributed by atoms with Crippen molar-refractivity contribution in [3.05, 3.63) is 29.9 Å². The minimum atomic E-state index is -0.294. The molecule has 3 rings (SSSR count). The maximum absolute atomic E-state index is 11.9. The van der Waals surface area contributed by atoms with Crippen LogP contribution in [0.4, 0.5) is 5.69 Å². The van der Waals surface area contributed by atoms with E-state index in [1.54, 1.807) is 19.2 Å². The predicted molar refractivity (Wildman–Crippen MR) is 75.0 cm³/mol. The van der Waals surface area contributed by atoms with Gasteiger partial charge in [-0.2, -0.15) is 5.10 Å². The number of anilines is 1. The molecule has 0 spiro atoms. The number of hydrogen-bond acceptors (Lipinski definition) is 5. The zero-order valence-corrected chi connectivity index (χ0v) is 11.9. The van der Waals surface area contributed by atoms with Gasteiger partial charge in [0.1, 0.15) is 5.76 Å². The third-order valence-electron chi connectivity index (χ3n) is 3.54. The van der Waals surface area contributed by atoms with Crippen molar-refractivity contribution in [2.75, 3.05) is 18.5 Å². The van der Waals surface area contributed by atoms with Crippen LogP contribution in [0.2, 0.25) is 0 Å². The maximum atomic E-state index is 11.9. The Morgan fingerprint density at radius 3 is 3.00 bits per heavy atom. The summed E-state index contributed by atoms with van der Waals surface area (Å²) in [5.41, 5.74) is 0.928. The molecule has 0 aromatic carbocycles. The van der Waals surface area contributed by atoms with Crippen LogP contribution in [0.25, 0.3) is 0 Å². The Hall–Kier alpha value is -2.15. The van der Waals surface area contributed by atoms with Crippen molar-refractivity contribution in [3.63, 3.8) is 0 Å². The summed E-state index contributed by atoms with van der Waals surface area (Å²) >= 11 is 0. The van der Waals surface area contributed by atoms with Gasteiger partial charge >= 0.3 is 0 Å². The van der Waals surface area contributed by atoms with Gasteiger partial charge in [-0.05, 0) is 25.7 Å². The monoisotopic (exact) mass is 290 g/mol. The van der Waals surface area contributed by atoms with Crippen LogP contribution in [0.3, 0.4) is 0 Å². The summed E-state index contributed by atoms with van der Waals surface area (Å²) in [6, 6.07) is 1.60. The van der Waals surface area contributed by atoms with Crippen LogP contribution in [-0.4, -0.2) is 34.1 Å². The number of carbonyl (C=O) groups is 1. The second-order valence-electron chi connectivity index (χ2n) is 5.28. The van der Waals surface area contributed by atoms with E-state index in [0.29, 0.717) is 17.4 Å². The highest BCUT2D eigenvalue weighted by Gasteiger charge is 2.16. The van der Waals surface area contributed by atoms with Crippen molar-refractivity contribution in [1.82, 2.24) is 14.9 Å². The van der Waals surface area contributed by atoms with Gasteiger partial charge in [-0.15, -0.1) is 0 Å². The molecule has 7 heteroatoms. The molecule has 1 aliphatic rings. The van der Waals surface area contributed by atoms with E-state index in [-0.39, 0.29) is 11.6 Å². The number of nitrogens with zero attached hydrogens (tertiary/aromatic N) is 3. The Labute approximate surface area is 122 Å². The molecule has 7 nitrogen and oxygen atoms in total. The first-order chi connectivity index (χ1) is 10.2. The van der Waals surface area contributed by atoms with Gasteiger partial charge in [-0.1, -0.05) is 5.16 Å². The quantitative estimate of drug-likeness (QED) is 0.929. The summed E-state index contributed by atoms with van der Waals surface area (Å²) in [5.74, 6) is 0.897. The fraction of sp³-hybridized carbons (Fsp3) is 0.500. The Balaban J connectivity index is 1.58. The standard InChI is InChI=1S/C14H18N4O3/c1-10-6-13(17-21-10)14(19)16-12-7-15-18(9-12)8-11-2-4-20-5-3-11/h6-7,9,11H,2-5,8H2,1H3,(H,16,19). The average molecular weight is 290 g/mol. The molecule has 1 aliphatic heterocycles. The van der Waals surface area contributed by atoms with E-state index in [2.05, 4.69) is 15.6 Å². The van der Waals surface area contributed by atoms with Crippen molar-refractivity contribution < 1.29 is 14.1 Å². The lowest BCUT2D eigenvalue weighted by Crippen LogP contribution is -2.20. The normalized spacial score (nSPS) is 16.0. The third kappa shape index (κ3) is 3.49. The topological polar surface area (TPSA) is 82.2 Å². The van der Waals surface area contributed by atoms with E-state index in [0.717, 1.165) is 32.6 Å². The molecule has 2 aromatic rings. The molecule has 0 aliphatic carbocycles. The van der Waals surface area contributed by atoms with Crippen molar-refractivity contribution in [2.45, 2.75) is 26.3 Å². The molecule has 112 valence electrons. The zero-order valence-electron chi connectivity index (χ0n) is 11.9. The van der Waals surface area contributed by atoms with E-state index in [9.17, 15) is 4.79 Å². The van der Waals surface area contributed by atoms with E-state index in [1.165, 1.54) is 0 Å². The number of aromatic nitrogens is 3. The Morgan fingerprint density at radius 2 is 2.29 bits per heavy atom. The number of hydrogen-bond donors (Lipinski definition) is 1. The second-order valence-corrected chi connectivity index (χ2v) is 5.28. The predicted octanol–water partition coefficient (Wildman–Crippen LogP) is 1.86. The fourth-order valence-corrected chi connectivity index (χ4v) is 2.39. The van der Waals surface area contributed by atoms with E-state index in [1.807, 2.05) is 10.9 Å². The molecular weight excluding hydrogens is 272 g/mol. The summed E-state index contributed by atoms with van der Waals surface area (Å²) in [7, 11) is 0. The second kappa shape index (κ2) is 6.09. The zero-order chi connectivity index (χ0) is 14.7. The van der Waals surface area contributed by atoms with Gasteiger partial charge in [0.15, 0.2) is 5.69 Å². The van der Waals surface area contributed by atoms with Gasteiger partial charge < -0.3 is 14.6 Å². The van der Waals surface area contributed by atoms with Gasteiger partial charge in [0.25, 0.3) is 5.91 Å². The maximum Gasteiger partial charge on any atom is 0.277 e. The number of rotatable bonds is 4. The van der Waals surface area contributed by atoms with Crippen LogP contribution in [0.15, 0.2) is 23.0 Å². The number of carbonyl (C=O) groups excluding carboxylic acids is 1. The summed E-state index contributed by atoms with van der Waals surface area (Å²) in [4.78, 5) is 11.9. The Morgan fingerprint density at radius 1 is 1.48 bits per heavy atom. The van der Waals surface area contributed by atoms with Crippen LogP contribution in [0.1, 0.15) is 29.1 Å². The molecule has 0 bridgehead atoms. The van der Waals surface area contributed by atoms with Gasteiger partial charge in [-0.3, -0.25) is 9.48 Å². The van der Waals surface area contributed by atoms with Crippen LogP contribution < -0.4 is 5.32 Å². The molecule has 1 fully saturated rings. The summed E-state index contributed by atoms with van der Waals surface area (Å²) in [6.07, 6.45) is 5.59. The van der Waals surface area contributed by atoms with Gasteiger partial charge in [-0.25, -0.2) is 0 Å². The lowest BCUT2D eigenvalue weighted by Gasteiger charge is -2.21. The van der Waals surface area contributed by atoms with E-state index in [4.69, 9.17) is 9.26 Å². The SMILES string of the molecule is Cc1cc(C(=O)Nc2cnn(CC3CCOCC3)c2)no1. The molecular formula is C14H18N4O3. The number of ether oxygens (including phenoxy) is 1. The van der Waals surface area contributed by atoms with Crippen LogP contribution >= 0.6 is 0 Å². The third-order valence-corrected chi connectivity index (χ3v) is 3.54. The molecule has 1 amide bonds. The molecule has 1 saturated heterocycles. The summed E-state index contributed by atoms with van der Waals surface area (Å²) in [6.45, 7) is 4.24. The average Bonchev–Trinajstić information content (AvgIpc) is 3.09. The number of nitrogens with one attached hydrogen (secondary N) is 1. The van der Waals surface area contributed by atoms with E-state index < -0.39 is 0 Å².